The Morgan fingerprint density at radius 1 is 0.521 bits per heavy atom. The van der Waals surface area contributed by atoms with Crippen LogP contribution in [0.25, 0.3) is 60.9 Å². The highest BCUT2D eigenvalue weighted by molar-refractivity contribution is 6.17. The maximum atomic E-state index is 2.54. The van der Waals surface area contributed by atoms with E-state index in [0.29, 0.717) is 0 Å². The van der Waals surface area contributed by atoms with E-state index in [9.17, 15) is 0 Å². The number of rotatable bonds is 3. The lowest BCUT2D eigenvalue weighted by atomic mass is 9.86. The van der Waals surface area contributed by atoms with Gasteiger partial charge in [0.2, 0.25) is 0 Å². The van der Waals surface area contributed by atoms with Gasteiger partial charge in [0, 0.05) is 22.4 Å². The van der Waals surface area contributed by atoms with Gasteiger partial charge in [0.25, 0.3) is 0 Å². The van der Waals surface area contributed by atoms with Crippen molar-refractivity contribution in [2.75, 3.05) is 0 Å². The van der Waals surface area contributed by atoms with E-state index in [2.05, 4.69) is 151 Å². The molecule has 0 saturated carbocycles. The lowest BCUT2D eigenvalue weighted by Gasteiger charge is -2.19. The number of aromatic nitrogens is 1. The van der Waals surface area contributed by atoms with Crippen molar-refractivity contribution in [1.82, 2.24) is 4.57 Å². The van der Waals surface area contributed by atoms with Crippen LogP contribution in [-0.2, 0) is 19.3 Å². The SMILES string of the molecule is CCc1cc(C2c3ccccc3-c3c2ccc2c3-c3ccccc3C2)cc(-n2c3ccccc3c3c4c(ccc32)Cc2ccccc2-4)c1. The van der Waals surface area contributed by atoms with Crippen molar-refractivity contribution >= 4 is 21.8 Å². The van der Waals surface area contributed by atoms with Gasteiger partial charge in [-0.2, -0.15) is 0 Å². The van der Waals surface area contributed by atoms with E-state index in [1.54, 1.807) is 0 Å². The molecule has 0 saturated heterocycles. The molecule has 1 heteroatoms. The second kappa shape index (κ2) is 9.69. The van der Waals surface area contributed by atoms with E-state index in [-0.39, 0.29) is 5.92 Å². The van der Waals surface area contributed by atoms with Crippen LogP contribution in [0.15, 0.2) is 140 Å². The van der Waals surface area contributed by atoms with Crippen LogP contribution in [0.3, 0.4) is 0 Å². The van der Waals surface area contributed by atoms with Gasteiger partial charge in [-0.25, -0.2) is 0 Å². The Morgan fingerprint density at radius 3 is 2.00 bits per heavy atom. The molecule has 0 amide bonds. The molecule has 7 aromatic carbocycles. The zero-order valence-corrected chi connectivity index (χ0v) is 26.9. The summed E-state index contributed by atoms with van der Waals surface area (Å²) in [6.07, 6.45) is 3.01. The predicted molar refractivity (Wildman–Crippen MR) is 199 cm³/mol. The molecule has 11 rings (SSSR count). The molecule has 1 aromatic heterocycles. The third-order valence-electron chi connectivity index (χ3n) is 11.4. The molecule has 0 N–H and O–H groups in total. The van der Waals surface area contributed by atoms with E-state index in [4.69, 9.17) is 0 Å². The summed E-state index contributed by atoms with van der Waals surface area (Å²) in [5.74, 6) is 0.184. The smallest absolute Gasteiger partial charge is 0.0547 e. The number of fused-ring (bicyclic) bond motifs is 14. The van der Waals surface area contributed by atoms with E-state index in [1.807, 2.05) is 0 Å². The van der Waals surface area contributed by atoms with Gasteiger partial charge in [-0.05, 0) is 121 Å². The lowest BCUT2D eigenvalue weighted by molar-refractivity contribution is 0.989. The molecule has 226 valence electrons. The molecular formula is C47H33N. The second-order valence-electron chi connectivity index (χ2n) is 13.9. The molecule has 8 aromatic rings. The minimum atomic E-state index is 0.184. The minimum Gasteiger partial charge on any atom is -0.309 e. The van der Waals surface area contributed by atoms with Crippen molar-refractivity contribution in [3.05, 3.63) is 184 Å². The van der Waals surface area contributed by atoms with Gasteiger partial charge in [-0.1, -0.05) is 122 Å². The van der Waals surface area contributed by atoms with Gasteiger partial charge in [-0.3, -0.25) is 0 Å². The van der Waals surface area contributed by atoms with Crippen LogP contribution in [0.5, 0.6) is 0 Å². The highest BCUT2D eigenvalue weighted by atomic mass is 15.0. The first-order valence-electron chi connectivity index (χ1n) is 17.4. The van der Waals surface area contributed by atoms with Gasteiger partial charge in [0.1, 0.15) is 0 Å². The van der Waals surface area contributed by atoms with Crippen LogP contribution < -0.4 is 0 Å². The molecule has 1 heterocycles. The van der Waals surface area contributed by atoms with Crippen LogP contribution in [-0.4, -0.2) is 4.57 Å². The standard InChI is InChI=1S/C47H33N/c1-2-28-23-33(43-37-15-7-8-16-38(37)46-40(43)21-19-31-25-29-11-3-5-13-35(29)44(31)46)27-34(24-28)48-41-18-10-9-17-39(41)47-42(48)22-20-32-26-30-12-4-6-14-36(30)45(32)47/h3-24,27,43H,2,25-26H2,1H3. The molecule has 0 aliphatic heterocycles. The molecule has 0 bridgehead atoms. The summed E-state index contributed by atoms with van der Waals surface area (Å²) in [5, 5.41) is 2.71. The van der Waals surface area contributed by atoms with Crippen LogP contribution in [0.2, 0.25) is 0 Å². The first-order chi connectivity index (χ1) is 23.8. The van der Waals surface area contributed by atoms with Crippen LogP contribution in [0.4, 0.5) is 0 Å². The van der Waals surface area contributed by atoms with Crippen LogP contribution in [0.1, 0.15) is 57.3 Å². The monoisotopic (exact) mass is 611 g/mol. The van der Waals surface area contributed by atoms with Gasteiger partial charge in [0.05, 0.1) is 11.0 Å². The van der Waals surface area contributed by atoms with E-state index < -0.39 is 0 Å². The molecule has 1 unspecified atom stereocenters. The minimum absolute atomic E-state index is 0.184. The van der Waals surface area contributed by atoms with Gasteiger partial charge in [0.15, 0.2) is 0 Å². The molecule has 0 radical (unpaired) electrons. The maximum absolute atomic E-state index is 2.54. The summed E-state index contributed by atoms with van der Waals surface area (Å²) in [6.45, 7) is 2.29. The number of para-hydroxylation sites is 1. The van der Waals surface area contributed by atoms with Crippen molar-refractivity contribution in [3.63, 3.8) is 0 Å². The van der Waals surface area contributed by atoms with E-state index >= 15 is 0 Å². The average molecular weight is 612 g/mol. The number of nitrogens with zero attached hydrogens (tertiary/aromatic N) is 1. The summed E-state index contributed by atoms with van der Waals surface area (Å²) in [6, 6.07) is 53.1. The van der Waals surface area contributed by atoms with Crippen molar-refractivity contribution in [3.8, 4) is 39.1 Å². The molecule has 1 nitrogen and oxygen atoms in total. The van der Waals surface area contributed by atoms with Gasteiger partial charge in [-0.15, -0.1) is 0 Å². The van der Waals surface area contributed by atoms with Gasteiger partial charge < -0.3 is 4.57 Å². The summed E-state index contributed by atoms with van der Waals surface area (Å²) in [4.78, 5) is 0. The summed E-state index contributed by atoms with van der Waals surface area (Å²) < 4.78 is 2.54. The number of benzene rings is 7. The third-order valence-corrected chi connectivity index (χ3v) is 11.4. The summed E-state index contributed by atoms with van der Waals surface area (Å²) in [7, 11) is 0. The molecule has 3 aliphatic rings. The summed E-state index contributed by atoms with van der Waals surface area (Å²) in [5.41, 5.74) is 23.6. The molecule has 48 heavy (non-hydrogen) atoms. The zero-order chi connectivity index (χ0) is 31.5. The Kier molecular flexibility index (Phi) is 5.33. The molecule has 0 spiro atoms. The lowest BCUT2D eigenvalue weighted by Crippen LogP contribution is -2.04. The first-order valence-corrected chi connectivity index (χ1v) is 17.4. The Balaban J connectivity index is 1.17. The van der Waals surface area contributed by atoms with Gasteiger partial charge >= 0.3 is 0 Å². The quantitative estimate of drug-likeness (QED) is 0.187. The topological polar surface area (TPSA) is 4.93 Å². The van der Waals surface area contributed by atoms with Crippen molar-refractivity contribution < 1.29 is 0 Å². The average Bonchev–Trinajstić information content (AvgIpc) is 3.88. The Bertz CT molecular complexity index is 2670. The van der Waals surface area contributed by atoms with E-state index in [1.165, 1.54) is 105 Å². The van der Waals surface area contributed by atoms with Crippen molar-refractivity contribution in [2.45, 2.75) is 32.1 Å². The molecular weight excluding hydrogens is 579 g/mol. The number of hydrogen-bond donors (Lipinski definition) is 0. The maximum Gasteiger partial charge on any atom is 0.0547 e. The third kappa shape index (κ3) is 3.46. The fraction of sp³-hybridized carbons (Fsp3) is 0.106. The largest absolute Gasteiger partial charge is 0.309 e. The summed E-state index contributed by atoms with van der Waals surface area (Å²) >= 11 is 0. The van der Waals surface area contributed by atoms with Crippen LogP contribution in [0, 0.1) is 0 Å². The normalized spacial score (nSPS) is 14.9. The Morgan fingerprint density at radius 2 is 1.19 bits per heavy atom. The molecule has 0 fully saturated rings. The van der Waals surface area contributed by atoms with Crippen molar-refractivity contribution in [2.24, 2.45) is 0 Å². The zero-order valence-electron chi connectivity index (χ0n) is 26.9. The van der Waals surface area contributed by atoms with Crippen molar-refractivity contribution in [1.29, 1.82) is 0 Å². The second-order valence-corrected chi connectivity index (χ2v) is 13.9. The Labute approximate surface area is 280 Å². The fourth-order valence-corrected chi connectivity index (χ4v) is 9.43. The Hall–Kier alpha value is -5.66. The molecule has 3 aliphatic carbocycles. The van der Waals surface area contributed by atoms with Crippen LogP contribution >= 0.6 is 0 Å². The fourth-order valence-electron chi connectivity index (χ4n) is 9.43. The first kappa shape index (κ1) is 26.4. The number of aryl methyl sites for hydroxylation is 1. The van der Waals surface area contributed by atoms with E-state index in [0.717, 1.165) is 19.3 Å². The highest BCUT2D eigenvalue weighted by Crippen LogP contribution is 2.55. The predicted octanol–water partition coefficient (Wildman–Crippen LogP) is 11.6. The highest BCUT2D eigenvalue weighted by Gasteiger charge is 2.35. The molecule has 1 atom stereocenters. The number of hydrogen-bond acceptors (Lipinski definition) is 0.